The lowest BCUT2D eigenvalue weighted by Gasteiger charge is -2.37. The van der Waals surface area contributed by atoms with Gasteiger partial charge < -0.3 is 24.5 Å². The van der Waals surface area contributed by atoms with Crippen LogP contribution in [0.2, 0.25) is 18.1 Å². The number of hydrogen-bond donors (Lipinski definition) is 3. The van der Waals surface area contributed by atoms with Gasteiger partial charge in [-0.1, -0.05) is 45.0 Å². The Hall–Kier alpha value is -2.83. The Balaban J connectivity index is 1.63. The lowest BCUT2D eigenvalue weighted by Crippen LogP contribution is -2.42. The van der Waals surface area contributed by atoms with E-state index < -0.39 is 25.6 Å². The normalized spacial score (nSPS) is 25.3. The first-order valence-electron chi connectivity index (χ1n) is 12.4. The molecule has 36 heavy (non-hydrogen) atoms. The first-order chi connectivity index (χ1) is 16.8. The number of fused-ring (bicyclic) bond motifs is 6. The Kier molecular flexibility index (Phi) is 5.40. The van der Waals surface area contributed by atoms with Gasteiger partial charge in [0, 0.05) is 30.2 Å². The highest BCUT2D eigenvalue weighted by molar-refractivity contribution is 6.74. The van der Waals surface area contributed by atoms with Crippen molar-refractivity contribution in [1.82, 2.24) is 4.57 Å². The second kappa shape index (κ2) is 7.83. The molecule has 1 saturated heterocycles. The minimum Gasteiger partial charge on any atom is -0.494 e. The van der Waals surface area contributed by atoms with E-state index in [-0.39, 0.29) is 16.8 Å². The summed E-state index contributed by atoms with van der Waals surface area (Å²) in [6.07, 6.45) is -0.0796. The van der Waals surface area contributed by atoms with Crippen molar-refractivity contribution >= 4 is 19.1 Å². The van der Waals surface area contributed by atoms with Crippen LogP contribution in [0.1, 0.15) is 57.2 Å². The van der Waals surface area contributed by atoms with Gasteiger partial charge >= 0.3 is 0 Å². The highest BCUT2D eigenvalue weighted by Crippen LogP contribution is 2.65. The van der Waals surface area contributed by atoms with Crippen LogP contribution in [0.4, 0.5) is 0 Å². The number of ether oxygens (including phenoxy) is 1. The first-order valence-corrected chi connectivity index (χ1v) is 15.3. The second-order valence-electron chi connectivity index (χ2n) is 11.8. The van der Waals surface area contributed by atoms with E-state index in [1.807, 2.05) is 24.3 Å². The fourth-order valence-corrected chi connectivity index (χ4v) is 6.66. The molecule has 0 unspecified atom stereocenters. The Morgan fingerprint density at radius 3 is 2.39 bits per heavy atom. The van der Waals surface area contributed by atoms with Crippen LogP contribution in [0, 0.1) is 11.3 Å². The van der Waals surface area contributed by atoms with E-state index in [0.717, 1.165) is 10.8 Å². The van der Waals surface area contributed by atoms with Gasteiger partial charge in [0.2, 0.25) is 11.8 Å². The van der Waals surface area contributed by atoms with Gasteiger partial charge in [0.05, 0.1) is 34.6 Å². The van der Waals surface area contributed by atoms with Crippen LogP contribution in [0.5, 0.6) is 11.8 Å². The standard InChI is InChI=1S/C28H34N2O5Si/c1-26(2,3)36(5,6)34-14-13-28-15-21(31)27(4,35-28)22-23(28)25(33)30(24(22)32)20-12-11-17(16-29)18-9-7-8-10-19(18)20/h7-12,21,31-33H,13-15H2,1-6H3/t21-,27-,28-/m0/s1. The van der Waals surface area contributed by atoms with Crippen LogP contribution in [0.15, 0.2) is 36.4 Å². The maximum atomic E-state index is 11.6. The minimum atomic E-state index is -2.01. The van der Waals surface area contributed by atoms with Crippen LogP contribution in [-0.4, -0.2) is 40.9 Å². The molecule has 2 aromatic carbocycles. The lowest BCUT2D eigenvalue weighted by atomic mass is 9.76. The van der Waals surface area contributed by atoms with Crippen LogP contribution in [-0.2, 0) is 20.4 Å². The molecule has 0 aliphatic carbocycles. The number of aliphatic hydroxyl groups is 1. The van der Waals surface area contributed by atoms with Crippen LogP contribution < -0.4 is 0 Å². The lowest BCUT2D eigenvalue weighted by molar-refractivity contribution is -0.107. The molecule has 0 saturated carbocycles. The van der Waals surface area contributed by atoms with E-state index in [9.17, 15) is 20.6 Å². The number of benzene rings is 2. The number of aromatic nitrogens is 1. The van der Waals surface area contributed by atoms with Crippen molar-refractivity contribution in [2.45, 2.75) is 76.0 Å². The number of hydrogen-bond acceptors (Lipinski definition) is 6. The smallest absolute Gasteiger partial charge is 0.205 e. The van der Waals surface area contributed by atoms with E-state index in [2.05, 4.69) is 39.9 Å². The van der Waals surface area contributed by atoms with Gasteiger partial charge in [-0.05, 0) is 37.2 Å². The summed E-state index contributed by atoms with van der Waals surface area (Å²) in [6.45, 7) is 13.1. The van der Waals surface area contributed by atoms with Gasteiger partial charge in [0.1, 0.15) is 11.2 Å². The zero-order chi connectivity index (χ0) is 26.3. The molecule has 3 atom stereocenters. The van der Waals surface area contributed by atoms with Gasteiger partial charge in [0.25, 0.3) is 0 Å². The molecule has 0 amide bonds. The summed E-state index contributed by atoms with van der Waals surface area (Å²) in [5, 5.41) is 45.1. The van der Waals surface area contributed by atoms with Crippen molar-refractivity contribution < 1.29 is 24.5 Å². The SMILES string of the molecule is CC(C)(C)[Si](C)(C)OCC[C@@]12C[C@H](O)[C@](C)(O1)c1c2c(O)n(-c2ccc(C#N)c3ccccc23)c1O. The Bertz CT molecular complexity index is 1420. The molecule has 3 heterocycles. The zero-order valence-electron chi connectivity index (χ0n) is 21.7. The van der Waals surface area contributed by atoms with Gasteiger partial charge in [-0.3, -0.25) is 4.57 Å². The quantitative estimate of drug-likeness (QED) is 0.393. The van der Waals surface area contributed by atoms with Gasteiger partial charge in [-0.25, -0.2) is 0 Å². The van der Waals surface area contributed by atoms with Crippen molar-refractivity contribution in [2.24, 2.45) is 0 Å². The molecular weight excluding hydrogens is 472 g/mol. The molecule has 2 aliphatic heterocycles. The summed E-state index contributed by atoms with van der Waals surface area (Å²) in [7, 11) is -2.01. The molecule has 3 N–H and O–H groups in total. The summed E-state index contributed by atoms with van der Waals surface area (Å²) in [4.78, 5) is 0. The topological polar surface area (TPSA) is 108 Å². The largest absolute Gasteiger partial charge is 0.494 e. The predicted octanol–water partition coefficient (Wildman–Crippen LogP) is 5.53. The average Bonchev–Trinajstić information content (AvgIpc) is 3.33. The van der Waals surface area contributed by atoms with Crippen LogP contribution in [0.3, 0.4) is 0 Å². The maximum Gasteiger partial charge on any atom is 0.205 e. The second-order valence-corrected chi connectivity index (χ2v) is 16.6. The number of aliphatic hydroxyl groups excluding tert-OH is 1. The Morgan fingerprint density at radius 2 is 1.75 bits per heavy atom. The van der Waals surface area contributed by atoms with Gasteiger partial charge in [-0.15, -0.1) is 0 Å². The summed E-state index contributed by atoms with van der Waals surface area (Å²) >= 11 is 0. The maximum absolute atomic E-state index is 11.6. The molecule has 190 valence electrons. The van der Waals surface area contributed by atoms with E-state index >= 15 is 0 Å². The minimum absolute atomic E-state index is 0.0520. The van der Waals surface area contributed by atoms with Crippen molar-refractivity contribution in [1.29, 1.82) is 5.26 Å². The molecule has 0 radical (unpaired) electrons. The third kappa shape index (κ3) is 3.27. The fraction of sp³-hybridized carbons (Fsp3) is 0.464. The average molecular weight is 507 g/mol. The van der Waals surface area contributed by atoms with E-state index in [1.54, 1.807) is 19.1 Å². The third-order valence-corrected chi connectivity index (χ3v) is 13.2. The van der Waals surface area contributed by atoms with Crippen LogP contribution >= 0.6 is 0 Å². The van der Waals surface area contributed by atoms with E-state index in [0.29, 0.717) is 41.8 Å². The van der Waals surface area contributed by atoms with Crippen LogP contribution in [0.25, 0.3) is 16.5 Å². The van der Waals surface area contributed by atoms with Crippen molar-refractivity contribution in [3.63, 3.8) is 0 Å². The monoisotopic (exact) mass is 506 g/mol. The molecule has 8 heteroatoms. The summed E-state index contributed by atoms with van der Waals surface area (Å²) in [5.74, 6) is -0.272. The third-order valence-electron chi connectivity index (χ3n) is 8.68. The molecule has 3 aromatic rings. The zero-order valence-corrected chi connectivity index (χ0v) is 22.7. The van der Waals surface area contributed by atoms with E-state index in [1.165, 1.54) is 4.57 Å². The summed E-state index contributed by atoms with van der Waals surface area (Å²) in [5.41, 5.74) is -0.125. The molecule has 2 aliphatic rings. The highest BCUT2D eigenvalue weighted by atomic mass is 28.4. The first kappa shape index (κ1) is 24.8. The van der Waals surface area contributed by atoms with E-state index in [4.69, 9.17) is 9.16 Å². The Labute approximate surface area is 212 Å². The molecule has 0 spiro atoms. The summed E-state index contributed by atoms with van der Waals surface area (Å²) in [6, 6.07) is 13.0. The van der Waals surface area contributed by atoms with Gasteiger partial charge in [0.15, 0.2) is 8.32 Å². The number of nitrogens with zero attached hydrogens (tertiary/aromatic N) is 2. The molecule has 2 bridgehead atoms. The fourth-order valence-electron chi connectivity index (χ4n) is 5.61. The summed E-state index contributed by atoms with van der Waals surface area (Å²) < 4.78 is 14.3. The predicted molar refractivity (Wildman–Crippen MR) is 140 cm³/mol. The molecule has 5 rings (SSSR count). The molecule has 7 nitrogen and oxygen atoms in total. The molecule has 1 aromatic heterocycles. The number of aromatic hydroxyl groups is 2. The number of rotatable bonds is 5. The highest BCUT2D eigenvalue weighted by Gasteiger charge is 2.66. The van der Waals surface area contributed by atoms with Crippen molar-refractivity contribution in [2.75, 3.05) is 6.61 Å². The number of nitriles is 1. The molecular formula is C28H34N2O5Si. The van der Waals surface area contributed by atoms with Crippen molar-refractivity contribution in [3.8, 4) is 23.5 Å². The van der Waals surface area contributed by atoms with Gasteiger partial charge in [-0.2, -0.15) is 5.26 Å². The Morgan fingerprint density at radius 1 is 1.11 bits per heavy atom. The van der Waals surface area contributed by atoms with Crippen molar-refractivity contribution in [3.05, 3.63) is 53.1 Å². The molecule has 1 fully saturated rings.